The van der Waals surface area contributed by atoms with Crippen molar-refractivity contribution in [2.45, 2.75) is 31.7 Å². The molecule has 2 saturated heterocycles. The van der Waals surface area contributed by atoms with E-state index in [0.717, 1.165) is 38.0 Å². The molecule has 1 aliphatic carbocycles. The summed E-state index contributed by atoms with van der Waals surface area (Å²) in [4.78, 5) is 29.5. The number of likely N-dealkylation sites (tertiary alicyclic amines) is 1. The number of amides is 2. The number of piperidine rings is 1. The van der Waals surface area contributed by atoms with Crippen LogP contribution in [0.2, 0.25) is 0 Å². The lowest BCUT2D eigenvalue weighted by molar-refractivity contribution is -0.136. The molecule has 5 nitrogen and oxygen atoms in total. The van der Waals surface area contributed by atoms with Crippen LogP contribution in [-0.2, 0) is 16.0 Å². The molecule has 6 heteroatoms. The molecule has 1 N–H and O–H groups in total. The van der Waals surface area contributed by atoms with Crippen molar-refractivity contribution >= 4 is 29.9 Å². The first-order chi connectivity index (χ1) is 14.1. The van der Waals surface area contributed by atoms with Crippen LogP contribution in [0.25, 0.3) is 11.1 Å². The number of anilines is 1. The fourth-order valence-electron chi connectivity index (χ4n) is 5.07. The lowest BCUT2D eigenvalue weighted by Gasteiger charge is -2.33. The minimum absolute atomic E-state index is 0. The van der Waals surface area contributed by atoms with Crippen molar-refractivity contribution in [2.24, 2.45) is 5.92 Å². The Kier molecular flexibility index (Phi) is 5.85. The topological polar surface area (TPSA) is 52.7 Å². The fourth-order valence-corrected chi connectivity index (χ4v) is 5.07. The molecule has 30 heavy (non-hydrogen) atoms. The lowest BCUT2D eigenvalue weighted by Crippen LogP contribution is -2.46. The molecule has 1 atom stereocenters. The van der Waals surface area contributed by atoms with Crippen LogP contribution in [0, 0.1) is 5.92 Å². The summed E-state index contributed by atoms with van der Waals surface area (Å²) in [7, 11) is 1.98. The van der Waals surface area contributed by atoms with Gasteiger partial charge in [-0.1, -0.05) is 30.3 Å². The second-order valence-corrected chi connectivity index (χ2v) is 8.47. The number of hydrogen-bond donors (Lipinski definition) is 1. The summed E-state index contributed by atoms with van der Waals surface area (Å²) in [5, 5.41) is 3.30. The van der Waals surface area contributed by atoms with Gasteiger partial charge in [0, 0.05) is 37.8 Å². The van der Waals surface area contributed by atoms with E-state index >= 15 is 0 Å². The normalized spacial score (nSPS) is 20.7. The quantitative estimate of drug-likeness (QED) is 0.700. The van der Waals surface area contributed by atoms with Gasteiger partial charge in [0.15, 0.2) is 0 Å². The van der Waals surface area contributed by atoms with Gasteiger partial charge < -0.3 is 15.1 Å². The maximum absolute atomic E-state index is 13.0. The number of fused-ring (bicyclic) bond motifs is 3. The summed E-state index contributed by atoms with van der Waals surface area (Å²) in [6.07, 6.45) is 3.20. The van der Waals surface area contributed by atoms with E-state index in [0.29, 0.717) is 19.0 Å². The zero-order chi connectivity index (χ0) is 20.0. The molecule has 5 rings (SSSR count). The van der Waals surface area contributed by atoms with Gasteiger partial charge in [-0.2, -0.15) is 0 Å². The molecule has 0 bridgehead atoms. The van der Waals surface area contributed by atoms with Crippen LogP contribution in [-0.4, -0.2) is 49.4 Å². The van der Waals surface area contributed by atoms with Gasteiger partial charge in [0.1, 0.15) is 0 Å². The van der Waals surface area contributed by atoms with E-state index in [1.807, 2.05) is 22.9 Å². The molecule has 1 unspecified atom stereocenters. The first kappa shape index (κ1) is 20.9. The van der Waals surface area contributed by atoms with Gasteiger partial charge in [0.25, 0.3) is 0 Å². The Morgan fingerprint density at radius 3 is 2.53 bits per heavy atom. The van der Waals surface area contributed by atoms with Crippen molar-refractivity contribution in [1.29, 1.82) is 0 Å². The third-order valence-corrected chi connectivity index (χ3v) is 6.78. The van der Waals surface area contributed by atoms with E-state index < -0.39 is 0 Å². The molecule has 0 saturated carbocycles. The summed E-state index contributed by atoms with van der Waals surface area (Å²) < 4.78 is 0. The number of nitrogens with zero attached hydrogens (tertiary/aromatic N) is 2. The van der Waals surface area contributed by atoms with Gasteiger partial charge in [-0.25, -0.2) is 0 Å². The summed E-state index contributed by atoms with van der Waals surface area (Å²) in [5.41, 5.74) is 6.08. The Morgan fingerprint density at radius 2 is 1.77 bits per heavy atom. The van der Waals surface area contributed by atoms with Crippen molar-refractivity contribution in [3.63, 3.8) is 0 Å². The van der Waals surface area contributed by atoms with E-state index in [-0.39, 0.29) is 30.1 Å². The lowest BCUT2D eigenvalue weighted by atomic mass is 10.0. The van der Waals surface area contributed by atoms with Crippen molar-refractivity contribution in [1.82, 2.24) is 10.2 Å². The molecule has 2 amide bonds. The molecule has 2 heterocycles. The van der Waals surface area contributed by atoms with Crippen LogP contribution < -0.4 is 10.2 Å². The van der Waals surface area contributed by atoms with Crippen LogP contribution in [0.3, 0.4) is 0 Å². The summed E-state index contributed by atoms with van der Waals surface area (Å²) in [6, 6.07) is 15.3. The molecule has 0 radical (unpaired) electrons. The van der Waals surface area contributed by atoms with E-state index in [1.54, 1.807) is 0 Å². The molecule has 2 aliphatic heterocycles. The molecule has 3 aliphatic rings. The maximum atomic E-state index is 13.0. The summed E-state index contributed by atoms with van der Waals surface area (Å²) in [5.74, 6) is -0.0213. The minimum Gasteiger partial charge on any atom is -0.342 e. The SMILES string of the molecule is CNC1CCN(C(=O)C2CC(=O)N(c3ccc4c(c3)Cc3ccccc3-4)C2)CC1.Cl. The number of rotatable bonds is 3. The number of halogens is 1. The van der Waals surface area contributed by atoms with Crippen LogP contribution in [0.1, 0.15) is 30.4 Å². The number of carbonyl (C=O) groups excluding carboxylic acids is 2. The second-order valence-electron chi connectivity index (χ2n) is 8.47. The average Bonchev–Trinajstić information content (AvgIpc) is 3.33. The molecular formula is C24H28ClN3O2. The zero-order valence-electron chi connectivity index (χ0n) is 17.3. The van der Waals surface area contributed by atoms with E-state index in [2.05, 4.69) is 41.7 Å². The molecule has 0 spiro atoms. The van der Waals surface area contributed by atoms with Crippen LogP contribution in [0.4, 0.5) is 5.69 Å². The molecule has 0 aromatic heterocycles. The third kappa shape index (κ3) is 3.61. The molecule has 2 aromatic rings. The highest BCUT2D eigenvalue weighted by Gasteiger charge is 2.38. The molecule has 2 fully saturated rings. The van der Waals surface area contributed by atoms with Gasteiger partial charge in [0.2, 0.25) is 11.8 Å². The Balaban J connectivity index is 0.00000218. The first-order valence-electron chi connectivity index (χ1n) is 10.6. The number of benzene rings is 2. The monoisotopic (exact) mass is 425 g/mol. The van der Waals surface area contributed by atoms with Gasteiger partial charge in [-0.3, -0.25) is 9.59 Å². The van der Waals surface area contributed by atoms with E-state index in [1.165, 1.54) is 22.3 Å². The molecule has 2 aromatic carbocycles. The summed E-state index contributed by atoms with van der Waals surface area (Å²) in [6.45, 7) is 2.06. The Morgan fingerprint density at radius 1 is 1.03 bits per heavy atom. The number of nitrogens with one attached hydrogen (secondary N) is 1. The molecular weight excluding hydrogens is 398 g/mol. The average molecular weight is 426 g/mol. The van der Waals surface area contributed by atoms with E-state index in [9.17, 15) is 9.59 Å². The van der Waals surface area contributed by atoms with E-state index in [4.69, 9.17) is 0 Å². The highest BCUT2D eigenvalue weighted by atomic mass is 35.5. The number of carbonyl (C=O) groups is 2. The molecule has 158 valence electrons. The van der Waals surface area contributed by atoms with Crippen LogP contribution in [0.5, 0.6) is 0 Å². The largest absolute Gasteiger partial charge is 0.342 e. The minimum atomic E-state index is -0.223. The summed E-state index contributed by atoms with van der Waals surface area (Å²) >= 11 is 0. The fraction of sp³-hybridized carbons (Fsp3) is 0.417. The Bertz CT molecular complexity index is 969. The van der Waals surface area contributed by atoms with Crippen molar-refractivity contribution in [3.05, 3.63) is 53.6 Å². The highest BCUT2D eigenvalue weighted by Crippen LogP contribution is 2.39. The van der Waals surface area contributed by atoms with Crippen LogP contribution >= 0.6 is 12.4 Å². The third-order valence-electron chi connectivity index (χ3n) is 6.78. The van der Waals surface area contributed by atoms with Gasteiger partial charge >= 0.3 is 0 Å². The van der Waals surface area contributed by atoms with Crippen molar-refractivity contribution < 1.29 is 9.59 Å². The number of hydrogen-bond acceptors (Lipinski definition) is 3. The predicted molar refractivity (Wildman–Crippen MR) is 121 cm³/mol. The smallest absolute Gasteiger partial charge is 0.228 e. The van der Waals surface area contributed by atoms with Crippen LogP contribution in [0.15, 0.2) is 42.5 Å². The second kappa shape index (κ2) is 8.40. The standard InChI is InChI=1S/C24H27N3O2.ClH/c1-25-19-8-10-26(11-9-19)24(29)18-14-23(28)27(15-18)20-6-7-22-17(13-20)12-16-4-2-3-5-21(16)22;/h2-7,13,18-19,25H,8-12,14-15H2,1H3;1H. The van der Waals surface area contributed by atoms with Gasteiger partial charge in [-0.15, -0.1) is 12.4 Å². The van der Waals surface area contributed by atoms with Crippen molar-refractivity contribution in [3.8, 4) is 11.1 Å². The maximum Gasteiger partial charge on any atom is 0.228 e. The Hall–Kier alpha value is -2.37. The highest BCUT2D eigenvalue weighted by molar-refractivity contribution is 6.00. The first-order valence-corrected chi connectivity index (χ1v) is 10.6. The van der Waals surface area contributed by atoms with Crippen molar-refractivity contribution in [2.75, 3.05) is 31.6 Å². The van der Waals surface area contributed by atoms with Gasteiger partial charge in [-0.05, 0) is 60.7 Å². The zero-order valence-corrected chi connectivity index (χ0v) is 18.1. The Labute approximate surface area is 183 Å². The van der Waals surface area contributed by atoms with Gasteiger partial charge in [0.05, 0.1) is 5.92 Å². The predicted octanol–water partition coefficient (Wildman–Crippen LogP) is 3.24.